The number of nitrogens with one attached hydrogen (secondary N) is 2. The van der Waals surface area contributed by atoms with E-state index in [0.29, 0.717) is 12.5 Å². The standard InChI is InChI=1S/C16H28N4O.HI/c1-17-16(18-10-13-8-9-20(2)12-13)19-11-15(21)14-6-4-3-5-7-14;/h8-9,12,14-15,21H,3-7,10-11H2,1-2H3,(H2,17,18,19);1H. The molecular weight excluding hydrogens is 391 g/mol. The van der Waals surface area contributed by atoms with Gasteiger partial charge in [0.15, 0.2) is 5.96 Å². The van der Waals surface area contributed by atoms with Crippen LogP contribution in [0.3, 0.4) is 0 Å². The Morgan fingerprint density at radius 3 is 2.68 bits per heavy atom. The number of aliphatic imine (C=N–C) groups is 1. The largest absolute Gasteiger partial charge is 0.391 e. The van der Waals surface area contributed by atoms with Gasteiger partial charge in [0.05, 0.1) is 6.10 Å². The van der Waals surface area contributed by atoms with Crippen LogP contribution in [0.25, 0.3) is 0 Å². The van der Waals surface area contributed by atoms with E-state index >= 15 is 0 Å². The van der Waals surface area contributed by atoms with Crippen molar-refractivity contribution in [3.8, 4) is 0 Å². The lowest BCUT2D eigenvalue weighted by molar-refractivity contribution is 0.0880. The quantitative estimate of drug-likeness (QED) is 0.389. The Hall–Kier alpha value is -0.760. The smallest absolute Gasteiger partial charge is 0.191 e. The fourth-order valence-electron chi connectivity index (χ4n) is 2.96. The van der Waals surface area contributed by atoms with Gasteiger partial charge in [0.1, 0.15) is 0 Å². The molecule has 1 aliphatic rings. The van der Waals surface area contributed by atoms with Gasteiger partial charge < -0.3 is 20.3 Å². The predicted molar refractivity (Wildman–Crippen MR) is 102 cm³/mol. The lowest BCUT2D eigenvalue weighted by Gasteiger charge is -2.27. The fraction of sp³-hybridized carbons (Fsp3) is 0.688. The van der Waals surface area contributed by atoms with E-state index in [0.717, 1.165) is 25.3 Å². The van der Waals surface area contributed by atoms with E-state index < -0.39 is 0 Å². The highest BCUT2D eigenvalue weighted by Crippen LogP contribution is 2.26. The van der Waals surface area contributed by atoms with Crippen molar-refractivity contribution < 1.29 is 5.11 Å². The minimum Gasteiger partial charge on any atom is -0.391 e. The molecule has 0 aromatic carbocycles. The number of hydrogen-bond acceptors (Lipinski definition) is 2. The molecule has 3 N–H and O–H groups in total. The van der Waals surface area contributed by atoms with E-state index in [1.54, 1.807) is 7.05 Å². The van der Waals surface area contributed by atoms with Gasteiger partial charge >= 0.3 is 0 Å². The molecule has 1 fully saturated rings. The van der Waals surface area contributed by atoms with Crippen LogP contribution in [-0.2, 0) is 13.6 Å². The van der Waals surface area contributed by atoms with Crippen LogP contribution < -0.4 is 10.6 Å². The van der Waals surface area contributed by atoms with Crippen LogP contribution in [0.15, 0.2) is 23.5 Å². The molecule has 1 aliphatic carbocycles. The Labute approximate surface area is 150 Å². The number of aryl methyl sites for hydroxylation is 1. The van der Waals surface area contributed by atoms with Crippen LogP contribution in [-0.4, -0.2) is 35.3 Å². The Bertz CT molecular complexity index is 455. The Kier molecular flexibility index (Phi) is 8.85. The van der Waals surface area contributed by atoms with E-state index in [2.05, 4.69) is 27.9 Å². The molecule has 6 heteroatoms. The summed E-state index contributed by atoms with van der Waals surface area (Å²) in [7, 11) is 3.77. The maximum atomic E-state index is 10.3. The van der Waals surface area contributed by atoms with Crippen molar-refractivity contribution in [3.05, 3.63) is 24.0 Å². The SMILES string of the molecule is CN=C(NCc1ccn(C)c1)NCC(O)C1CCCCC1.I. The van der Waals surface area contributed by atoms with Crippen molar-refractivity contribution in [1.29, 1.82) is 0 Å². The number of aromatic nitrogens is 1. The Balaban J connectivity index is 0.00000242. The minimum absolute atomic E-state index is 0. The predicted octanol–water partition coefficient (Wildman–Crippen LogP) is 2.25. The highest BCUT2D eigenvalue weighted by atomic mass is 127. The number of rotatable bonds is 5. The van der Waals surface area contributed by atoms with Gasteiger partial charge in [-0.1, -0.05) is 19.3 Å². The highest BCUT2D eigenvalue weighted by Gasteiger charge is 2.21. The van der Waals surface area contributed by atoms with Crippen molar-refractivity contribution >= 4 is 29.9 Å². The second kappa shape index (κ2) is 10.1. The van der Waals surface area contributed by atoms with Gasteiger partial charge in [-0.25, -0.2) is 0 Å². The summed E-state index contributed by atoms with van der Waals surface area (Å²) in [5, 5.41) is 16.8. The molecule has 1 saturated carbocycles. The fourth-order valence-corrected chi connectivity index (χ4v) is 2.96. The summed E-state index contributed by atoms with van der Waals surface area (Å²) in [6.07, 6.45) is 9.96. The third-order valence-electron chi connectivity index (χ3n) is 4.25. The summed E-state index contributed by atoms with van der Waals surface area (Å²) >= 11 is 0. The first-order chi connectivity index (χ1) is 10.2. The molecule has 1 aromatic rings. The minimum atomic E-state index is -0.277. The van der Waals surface area contributed by atoms with Crippen LogP contribution in [0.1, 0.15) is 37.7 Å². The van der Waals surface area contributed by atoms with Crippen molar-refractivity contribution in [3.63, 3.8) is 0 Å². The van der Waals surface area contributed by atoms with Gasteiger partial charge in [-0.2, -0.15) is 0 Å². The first-order valence-electron chi connectivity index (χ1n) is 7.92. The average molecular weight is 420 g/mol. The Morgan fingerprint density at radius 2 is 2.09 bits per heavy atom. The number of nitrogens with zero attached hydrogens (tertiary/aromatic N) is 2. The molecule has 1 unspecified atom stereocenters. The zero-order valence-electron chi connectivity index (χ0n) is 13.6. The van der Waals surface area contributed by atoms with E-state index in [-0.39, 0.29) is 30.1 Å². The molecule has 0 spiro atoms. The summed E-state index contributed by atoms with van der Waals surface area (Å²) in [5.41, 5.74) is 1.22. The van der Waals surface area contributed by atoms with Crippen LogP contribution in [0.4, 0.5) is 0 Å². The zero-order chi connectivity index (χ0) is 15.1. The maximum absolute atomic E-state index is 10.3. The zero-order valence-corrected chi connectivity index (χ0v) is 15.9. The van der Waals surface area contributed by atoms with Gasteiger partial charge in [0, 0.05) is 39.6 Å². The van der Waals surface area contributed by atoms with Gasteiger partial charge in [-0.15, -0.1) is 24.0 Å². The normalized spacial score (nSPS) is 17.7. The van der Waals surface area contributed by atoms with Crippen LogP contribution in [0.2, 0.25) is 0 Å². The molecule has 1 heterocycles. The summed E-state index contributed by atoms with van der Waals surface area (Å²) in [5.74, 6) is 1.19. The van der Waals surface area contributed by atoms with Crippen LogP contribution in [0, 0.1) is 5.92 Å². The van der Waals surface area contributed by atoms with Crippen LogP contribution in [0.5, 0.6) is 0 Å². The third-order valence-corrected chi connectivity index (χ3v) is 4.25. The lowest BCUT2D eigenvalue weighted by atomic mass is 9.85. The van der Waals surface area contributed by atoms with E-state index in [9.17, 15) is 5.11 Å². The lowest BCUT2D eigenvalue weighted by Crippen LogP contribution is -2.43. The molecule has 0 bridgehead atoms. The molecule has 0 radical (unpaired) electrons. The number of aliphatic hydroxyl groups excluding tert-OH is 1. The van der Waals surface area contributed by atoms with Gasteiger partial charge in [0.25, 0.3) is 0 Å². The molecule has 1 atom stereocenters. The molecule has 22 heavy (non-hydrogen) atoms. The van der Waals surface area contributed by atoms with Crippen molar-refractivity contribution in [2.24, 2.45) is 18.0 Å². The number of guanidine groups is 1. The second-order valence-corrected chi connectivity index (χ2v) is 5.96. The number of aliphatic hydroxyl groups is 1. The summed E-state index contributed by atoms with van der Waals surface area (Å²) in [6.45, 7) is 1.30. The van der Waals surface area contributed by atoms with Crippen molar-refractivity contribution in [2.75, 3.05) is 13.6 Å². The van der Waals surface area contributed by atoms with Gasteiger partial charge in [-0.3, -0.25) is 4.99 Å². The number of hydrogen-bond donors (Lipinski definition) is 3. The first kappa shape index (κ1) is 19.3. The average Bonchev–Trinajstić information content (AvgIpc) is 2.93. The van der Waals surface area contributed by atoms with Gasteiger partial charge in [-0.05, 0) is 30.4 Å². The summed E-state index contributed by atoms with van der Waals surface area (Å²) < 4.78 is 2.03. The molecule has 0 amide bonds. The summed E-state index contributed by atoms with van der Waals surface area (Å²) in [4.78, 5) is 4.20. The maximum Gasteiger partial charge on any atom is 0.191 e. The van der Waals surface area contributed by atoms with E-state index in [4.69, 9.17) is 0 Å². The second-order valence-electron chi connectivity index (χ2n) is 5.96. The van der Waals surface area contributed by atoms with Crippen molar-refractivity contribution in [2.45, 2.75) is 44.8 Å². The monoisotopic (exact) mass is 420 g/mol. The molecule has 0 aliphatic heterocycles. The molecule has 2 rings (SSSR count). The number of halogens is 1. The first-order valence-corrected chi connectivity index (χ1v) is 7.92. The van der Waals surface area contributed by atoms with Crippen molar-refractivity contribution in [1.82, 2.24) is 15.2 Å². The van der Waals surface area contributed by atoms with Gasteiger partial charge in [0.2, 0.25) is 0 Å². The van der Waals surface area contributed by atoms with Crippen LogP contribution >= 0.6 is 24.0 Å². The molecule has 0 saturated heterocycles. The summed E-state index contributed by atoms with van der Waals surface area (Å²) in [6, 6.07) is 2.08. The Morgan fingerprint density at radius 1 is 1.36 bits per heavy atom. The topological polar surface area (TPSA) is 61.6 Å². The molecule has 126 valence electrons. The van der Waals surface area contributed by atoms with E-state index in [1.807, 2.05) is 17.8 Å². The molecule has 5 nitrogen and oxygen atoms in total. The molecule has 1 aromatic heterocycles. The third kappa shape index (κ3) is 6.16. The molecular formula is C16H29IN4O. The van der Waals surface area contributed by atoms with E-state index in [1.165, 1.54) is 24.8 Å². The highest BCUT2D eigenvalue weighted by molar-refractivity contribution is 14.0.